The van der Waals surface area contributed by atoms with Crippen LogP contribution in [0.1, 0.15) is 35.2 Å². The van der Waals surface area contributed by atoms with Crippen molar-refractivity contribution in [3.63, 3.8) is 0 Å². The molecule has 25 heavy (non-hydrogen) atoms. The molecule has 0 saturated carbocycles. The molecule has 0 saturated heterocycles. The molecular weight excluding hydrogens is 320 g/mol. The number of Topliss-reactive ketones (excluding diaryl/α,β-unsaturated/α-hetero) is 1. The van der Waals surface area contributed by atoms with Crippen molar-refractivity contribution in [1.29, 1.82) is 0 Å². The van der Waals surface area contributed by atoms with Crippen LogP contribution in [0.3, 0.4) is 0 Å². The smallest absolute Gasteiger partial charge is 0.313 e. The fraction of sp³-hybridized carbons (Fsp3) is 0.300. The normalized spacial score (nSPS) is 13.8. The van der Waals surface area contributed by atoms with E-state index in [0.717, 1.165) is 5.56 Å². The van der Waals surface area contributed by atoms with Gasteiger partial charge in [0.25, 0.3) is 0 Å². The van der Waals surface area contributed by atoms with E-state index in [-0.39, 0.29) is 24.3 Å². The maximum absolute atomic E-state index is 12.3. The monoisotopic (exact) mass is 340 g/mol. The van der Waals surface area contributed by atoms with Gasteiger partial charge in [-0.15, -0.1) is 0 Å². The largest absolute Gasteiger partial charge is 0.486 e. The van der Waals surface area contributed by atoms with Gasteiger partial charge in [0, 0.05) is 5.56 Å². The third-order valence-electron chi connectivity index (χ3n) is 4.10. The van der Waals surface area contributed by atoms with Gasteiger partial charge >= 0.3 is 5.97 Å². The molecule has 3 rings (SSSR count). The molecule has 1 heterocycles. The molecule has 0 aliphatic carbocycles. The van der Waals surface area contributed by atoms with Gasteiger partial charge in [-0.3, -0.25) is 9.59 Å². The van der Waals surface area contributed by atoms with Crippen LogP contribution in [0.4, 0.5) is 0 Å². The second kappa shape index (κ2) is 7.83. The maximum Gasteiger partial charge on any atom is 0.313 e. The molecule has 0 unspecified atom stereocenters. The Bertz CT molecular complexity index is 754. The van der Waals surface area contributed by atoms with E-state index < -0.39 is 0 Å². The minimum atomic E-state index is -0.389. The van der Waals surface area contributed by atoms with E-state index in [0.29, 0.717) is 36.7 Å². The predicted molar refractivity (Wildman–Crippen MR) is 92.2 cm³/mol. The second-order valence-electron chi connectivity index (χ2n) is 5.76. The van der Waals surface area contributed by atoms with Crippen LogP contribution < -0.4 is 9.47 Å². The lowest BCUT2D eigenvalue weighted by atomic mass is 9.97. The first-order chi connectivity index (χ1) is 12.2. The van der Waals surface area contributed by atoms with Crippen LogP contribution in [0, 0.1) is 0 Å². The Morgan fingerprint density at radius 1 is 1.04 bits per heavy atom. The molecular formula is C20H20O5. The molecule has 5 heteroatoms. The summed E-state index contributed by atoms with van der Waals surface area (Å²) in [5.74, 6) is 0.135. The predicted octanol–water partition coefficient (Wildman–Crippen LogP) is 3.38. The Labute approximate surface area is 146 Å². The first-order valence-corrected chi connectivity index (χ1v) is 8.33. The third kappa shape index (κ3) is 3.99. The number of hydrogen-bond acceptors (Lipinski definition) is 5. The minimum Gasteiger partial charge on any atom is -0.486 e. The molecule has 0 amide bonds. The highest BCUT2D eigenvalue weighted by Crippen LogP contribution is 2.31. The van der Waals surface area contributed by atoms with Gasteiger partial charge in [0.05, 0.1) is 5.92 Å². The van der Waals surface area contributed by atoms with Crippen molar-refractivity contribution in [2.24, 2.45) is 0 Å². The summed E-state index contributed by atoms with van der Waals surface area (Å²) < 4.78 is 16.1. The topological polar surface area (TPSA) is 61.8 Å². The summed E-state index contributed by atoms with van der Waals surface area (Å²) in [5, 5.41) is 0. The van der Waals surface area contributed by atoms with Gasteiger partial charge in [-0.05, 0) is 30.2 Å². The first-order valence-electron chi connectivity index (χ1n) is 8.33. The van der Waals surface area contributed by atoms with Gasteiger partial charge in [0.2, 0.25) is 0 Å². The first kappa shape index (κ1) is 17.0. The number of rotatable bonds is 6. The Morgan fingerprint density at radius 2 is 1.76 bits per heavy atom. The number of ketones is 1. The molecule has 5 nitrogen and oxygen atoms in total. The second-order valence-corrected chi connectivity index (χ2v) is 5.76. The van der Waals surface area contributed by atoms with E-state index >= 15 is 0 Å². The van der Waals surface area contributed by atoms with Gasteiger partial charge in [-0.1, -0.05) is 37.3 Å². The van der Waals surface area contributed by atoms with Crippen molar-refractivity contribution in [2.75, 3.05) is 19.8 Å². The molecule has 130 valence electrons. The van der Waals surface area contributed by atoms with Gasteiger partial charge < -0.3 is 14.2 Å². The number of carbonyl (C=O) groups is 2. The van der Waals surface area contributed by atoms with E-state index in [1.54, 1.807) is 18.2 Å². The lowest BCUT2D eigenvalue weighted by molar-refractivity contribution is -0.144. The van der Waals surface area contributed by atoms with E-state index in [4.69, 9.17) is 14.2 Å². The molecule has 0 N–H and O–H groups in total. The van der Waals surface area contributed by atoms with Crippen LogP contribution >= 0.6 is 0 Å². The summed E-state index contributed by atoms with van der Waals surface area (Å²) in [5.41, 5.74) is 1.33. The van der Waals surface area contributed by atoms with Crippen molar-refractivity contribution in [2.45, 2.75) is 19.3 Å². The summed E-state index contributed by atoms with van der Waals surface area (Å²) in [4.78, 5) is 24.6. The number of esters is 1. The van der Waals surface area contributed by atoms with Crippen LogP contribution in [-0.2, 0) is 9.53 Å². The molecule has 1 aliphatic heterocycles. The number of ether oxygens (including phenoxy) is 3. The zero-order chi connectivity index (χ0) is 17.6. The number of fused-ring (bicyclic) bond motifs is 1. The fourth-order valence-corrected chi connectivity index (χ4v) is 2.76. The molecule has 0 aromatic heterocycles. The van der Waals surface area contributed by atoms with E-state index in [2.05, 4.69) is 0 Å². The summed E-state index contributed by atoms with van der Waals surface area (Å²) in [6.45, 7) is 2.58. The van der Waals surface area contributed by atoms with E-state index in [1.807, 2.05) is 37.3 Å². The highest BCUT2D eigenvalue weighted by atomic mass is 16.6. The summed E-state index contributed by atoms with van der Waals surface area (Å²) in [7, 11) is 0. The summed E-state index contributed by atoms with van der Waals surface area (Å²) >= 11 is 0. The number of hydrogen-bond donors (Lipinski definition) is 0. The SMILES string of the molecule is CC[C@H](C(=O)OCC(=O)c1ccc2c(c1)OCCO2)c1ccccc1. The molecule has 0 spiro atoms. The fourth-order valence-electron chi connectivity index (χ4n) is 2.76. The molecule has 0 bridgehead atoms. The van der Waals surface area contributed by atoms with Crippen molar-refractivity contribution >= 4 is 11.8 Å². The van der Waals surface area contributed by atoms with E-state index in [1.165, 1.54) is 0 Å². The van der Waals surface area contributed by atoms with Crippen LogP contribution in [-0.4, -0.2) is 31.6 Å². The third-order valence-corrected chi connectivity index (χ3v) is 4.10. The lowest BCUT2D eigenvalue weighted by Gasteiger charge is -2.18. The Kier molecular flexibility index (Phi) is 5.33. The highest BCUT2D eigenvalue weighted by molar-refractivity contribution is 5.98. The lowest BCUT2D eigenvalue weighted by Crippen LogP contribution is -2.20. The Hall–Kier alpha value is -2.82. The summed E-state index contributed by atoms with van der Waals surface area (Å²) in [6.07, 6.45) is 0.612. The Morgan fingerprint density at radius 3 is 2.48 bits per heavy atom. The molecule has 1 atom stereocenters. The van der Waals surface area contributed by atoms with E-state index in [9.17, 15) is 9.59 Å². The van der Waals surface area contributed by atoms with Crippen LogP contribution in [0.2, 0.25) is 0 Å². The average molecular weight is 340 g/mol. The summed E-state index contributed by atoms with van der Waals surface area (Å²) in [6, 6.07) is 14.4. The highest BCUT2D eigenvalue weighted by Gasteiger charge is 2.22. The van der Waals surface area contributed by atoms with Crippen molar-refractivity contribution in [1.82, 2.24) is 0 Å². The standard InChI is InChI=1S/C20H20O5/c1-2-16(14-6-4-3-5-7-14)20(22)25-13-17(21)15-8-9-18-19(12-15)24-11-10-23-18/h3-9,12,16H,2,10-11,13H2,1H3/t16-/m0/s1. The average Bonchev–Trinajstić information content (AvgIpc) is 2.67. The molecule has 2 aromatic rings. The van der Waals surface area contributed by atoms with Crippen molar-refractivity contribution < 1.29 is 23.8 Å². The zero-order valence-corrected chi connectivity index (χ0v) is 14.1. The van der Waals surface area contributed by atoms with Gasteiger partial charge in [0.15, 0.2) is 23.9 Å². The van der Waals surface area contributed by atoms with Crippen LogP contribution in [0.25, 0.3) is 0 Å². The number of benzene rings is 2. The molecule has 1 aliphatic rings. The van der Waals surface area contributed by atoms with Crippen molar-refractivity contribution in [3.8, 4) is 11.5 Å². The molecule has 2 aromatic carbocycles. The zero-order valence-electron chi connectivity index (χ0n) is 14.1. The van der Waals surface area contributed by atoms with Crippen LogP contribution in [0.15, 0.2) is 48.5 Å². The maximum atomic E-state index is 12.3. The van der Waals surface area contributed by atoms with Gasteiger partial charge in [-0.25, -0.2) is 0 Å². The van der Waals surface area contributed by atoms with Gasteiger partial charge in [-0.2, -0.15) is 0 Å². The molecule has 0 fully saturated rings. The Balaban J connectivity index is 1.62. The number of carbonyl (C=O) groups excluding carboxylic acids is 2. The van der Waals surface area contributed by atoms with Gasteiger partial charge in [0.1, 0.15) is 13.2 Å². The van der Waals surface area contributed by atoms with Crippen LogP contribution in [0.5, 0.6) is 11.5 Å². The van der Waals surface area contributed by atoms with Crippen molar-refractivity contribution in [3.05, 3.63) is 59.7 Å². The quantitative estimate of drug-likeness (QED) is 0.596. The minimum absolute atomic E-state index is 0.270. The molecule has 0 radical (unpaired) electrons.